The smallest absolute Gasteiger partial charge is 0.266 e. The molecule has 0 amide bonds. The van der Waals surface area contributed by atoms with Crippen LogP contribution in [-0.4, -0.2) is 92.4 Å². The van der Waals surface area contributed by atoms with E-state index < -0.39 is 0 Å². The number of nitrogen functional groups attached to an aromatic ring is 1. The van der Waals surface area contributed by atoms with Gasteiger partial charge in [-0.15, -0.1) is 5.10 Å². The van der Waals surface area contributed by atoms with Gasteiger partial charge in [-0.3, -0.25) is 4.90 Å². The Morgan fingerprint density at radius 3 is 2.63 bits per heavy atom. The van der Waals surface area contributed by atoms with E-state index in [-0.39, 0.29) is 5.95 Å². The lowest BCUT2D eigenvalue weighted by Crippen LogP contribution is -2.48. The molecule has 0 aliphatic carbocycles. The standard InChI is InChI=1S/C22H29N11O2/c1-3-11-34-16-14-25-22(26-15-16)32-9-7-31(8-10-32)6-5-30(2)17-13-18-27-19(20-24-4-12-35-20)29-33(18)21(23)28-17/h4,12-15H,3,5-11H2,1-2H3,(H2,23,28). The number of aromatic nitrogens is 7. The van der Waals surface area contributed by atoms with Gasteiger partial charge in [0.15, 0.2) is 11.4 Å². The largest absolute Gasteiger partial charge is 0.490 e. The van der Waals surface area contributed by atoms with Crippen LogP contribution in [0.25, 0.3) is 17.4 Å². The van der Waals surface area contributed by atoms with E-state index in [2.05, 4.69) is 51.6 Å². The zero-order valence-electron chi connectivity index (χ0n) is 19.9. The molecule has 0 aromatic carbocycles. The fourth-order valence-electron chi connectivity index (χ4n) is 3.86. The number of ether oxygens (including phenoxy) is 1. The van der Waals surface area contributed by atoms with E-state index >= 15 is 0 Å². The summed E-state index contributed by atoms with van der Waals surface area (Å²) in [4.78, 5) is 28.7. The molecule has 35 heavy (non-hydrogen) atoms. The van der Waals surface area contributed by atoms with Crippen molar-refractivity contribution in [3.05, 3.63) is 30.9 Å². The Morgan fingerprint density at radius 2 is 1.91 bits per heavy atom. The minimum Gasteiger partial charge on any atom is -0.490 e. The highest BCUT2D eigenvalue weighted by Crippen LogP contribution is 2.20. The number of likely N-dealkylation sites (N-methyl/N-ethyl adjacent to an activating group) is 1. The first-order valence-corrected chi connectivity index (χ1v) is 11.7. The molecule has 4 aromatic heterocycles. The van der Waals surface area contributed by atoms with Crippen LogP contribution in [0.4, 0.5) is 17.7 Å². The number of rotatable bonds is 9. The molecule has 0 bridgehead atoms. The lowest BCUT2D eigenvalue weighted by Gasteiger charge is -2.35. The Hall–Kier alpha value is -4.00. The van der Waals surface area contributed by atoms with Crippen LogP contribution in [0.2, 0.25) is 0 Å². The number of piperazine rings is 1. The number of anilines is 3. The van der Waals surface area contributed by atoms with E-state index in [4.69, 9.17) is 14.9 Å². The maximum absolute atomic E-state index is 6.14. The van der Waals surface area contributed by atoms with Crippen LogP contribution in [0.1, 0.15) is 13.3 Å². The van der Waals surface area contributed by atoms with Crippen LogP contribution in [0, 0.1) is 0 Å². The van der Waals surface area contributed by atoms with E-state index in [1.54, 1.807) is 18.6 Å². The number of nitrogens with two attached hydrogens (primary N) is 1. The molecule has 5 rings (SSSR count). The van der Waals surface area contributed by atoms with Gasteiger partial charge in [0.05, 0.1) is 25.2 Å². The summed E-state index contributed by atoms with van der Waals surface area (Å²) in [6, 6.07) is 1.86. The summed E-state index contributed by atoms with van der Waals surface area (Å²) in [5, 5.41) is 4.34. The van der Waals surface area contributed by atoms with Gasteiger partial charge in [0.1, 0.15) is 12.1 Å². The summed E-state index contributed by atoms with van der Waals surface area (Å²) >= 11 is 0. The van der Waals surface area contributed by atoms with Gasteiger partial charge >= 0.3 is 0 Å². The van der Waals surface area contributed by atoms with Crippen LogP contribution in [0.5, 0.6) is 5.75 Å². The van der Waals surface area contributed by atoms with Gasteiger partial charge in [0.2, 0.25) is 17.7 Å². The zero-order chi connectivity index (χ0) is 24.2. The molecule has 184 valence electrons. The first kappa shape index (κ1) is 22.8. The molecule has 5 heterocycles. The molecule has 0 atom stereocenters. The number of oxazole rings is 1. The second kappa shape index (κ2) is 10.1. The first-order chi connectivity index (χ1) is 17.1. The van der Waals surface area contributed by atoms with Crippen LogP contribution in [0.15, 0.2) is 35.3 Å². The average molecular weight is 480 g/mol. The highest BCUT2D eigenvalue weighted by molar-refractivity contribution is 5.58. The fraction of sp³-hybridized carbons (Fsp3) is 0.455. The van der Waals surface area contributed by atoms with E-state index in [1.807, 2.05) is 13.1 Å². The third-order valence-corrected chi connectivity index (χ3v) is 5.85. The third-order valence-electron chi connectivity index (χ3n) is 5.85. The molecule has 1 aliphatic heterocycles. The Kier molecular flexibility index (Phi) is 6.57. The van der Waals surface area contributed by atoms with Crippen molar-refractivity contribution < 1.29 is 9.15 Å². The van der Waals surface area contributed by atoms with E-state index in [1.165, 1.54) is 10.8 Å². The predicted octanol–water partition coefficient (Wildman–Crippen LogP) is 1.20. The number of nitrogens with zero attached hydrogens (tertiary/aromatic N) is 10. The fourth-order valence-corrected chi connectivity index (χ4v) is 3.86. The van der Waals surface area contributed by atoms with Crippen molar-refractivity contribution in [2.75, 3.05) is 68.5 Å². The summed E-state index contributed by atoms with van der Waals surface area (Å²) in [5.74, 6) is 3.16. The molecule has 1 saturated heterocycles. The molecule has 13 heteroatoms. The van der Waals surface area contributed by atoms with Crippen LogP contribution < -0.4 is 20.3 Å². The molecule has 13 nitrogen and oxygen atoms in total. The van der Waals surface area contributed by atoms with Crippen LogP contribution in [0.3, 0.4) is 0 Å². The minimum absolute atomic E-state index is 0.259. The van der Waals surface area contributed by atoms with Crippen molar-refractivity contribution in [3.63, 3.8) is 0 Å². The highest BCUT2D eigenvalue weighted by Gasteiger charge is 2.20. The van der Waals surface area contributed by atoms with Gasteiger partial charge in [-0.2, -0.15) is 9.50 Å². The quantitative estimate of drug-likeness (QED) is 0.369. The van der Waals surface area contributed by atoms with Crippen molar-refractivity contribution in [3.8, 4) is 17.5 Å². The Bertz CT molecular complexity index is 1230. The van der Waals surface area contributed by atoms with Crippen molar-refractivity contribution in [1.29, 1.82) is 0 Å². The first-order valence-electron chi connectivity index (χ1n) is 11.7. The Morgan fingerprint density at radius 1 is 1.11 bits per heavy atom. The molecular formula is C22H29N11O2. The van der Waals surface area contributed by atoms with E-state index in [0.29, 0.717) is 29.7 Å². The van der Waals surface area contributed by atoms with Gasteiger partial charge < -0.3 is 24.7 Å². The summed E-state index contributed by atoms with van der Waals surface area (Å²) < 4.78 is 12.3. The molecule has 0 spiro atoms. The lowest BCUT2D eigenvalue weighted by atomic mass is 10.3. The maximum atomic E-state index is 6.14. The second-order valence-corrected chi connectivity index (χ2v) is 8.33. The summed E-state index contributed by atoms with van der Waals surface area (Å²) in [6.45, 7) is 8.06. The van der Waals surface area contributed by atoms with Gasteiger partial charge in [-0.25, -0.2) is 19.9 Å². The van der Waals surface area contributed by atoms with Crippen molar-refractivity contribution in [2.24, 2.45) is 0 Å². The van der Waals surface area contributed by atoms with Crippen molar-refractivity contribution in [1.82, 2.24) is 39.4 Å². The predicted molar refractivity (Wildman–Crippen MR) is 130 cm³/mol. The molecule has 2 N–H and O–H groups in total. The van der Waals surface area contributed by atoms with Gasteiger partial charge in [0, 0.05) is 52.4 Å². The SMILES string of the molecule is CCCOc1cnc(N2CCN(CCN(C)c3cc4nc(-c5ncco5)nn4c(N)n3)CC2)nc1. The normalized spacial score (nSPS) is 14.5. The topological polar surface area (TPSA) is 140 Å². The van der Waals surface area contributed by atoms with E-state index in [9.17, 15) is 0 Å². The summed E-state index contributed by atoms with van der Waals surface area (Å²) in [5.41, 5.74) is 6.73. The Balaban J connectivity index is 1.15. The monoisotopic (exact) mass is 479 g/mol. The number of hydrogen-bond donors (Lipinski definition) is 1. The highest BCUT2D eigenvalue weighted by atomic mass is 16.5. The lowest BCUT2D eigenvalue weighted by molar-refractivity contribution is 0.262. The molecule has 1 aliphatic rings. The summed E-state index contributed by atoms with van der Waals surface area (Å²) in [6.07, 6.45) is 7.49. The zero-order valence-corrected chi connectivity index (χ0v) is 19.9. The van der Waals surface area contributed by atoms with Crippen molar-refractivity contribution in [2.45, 2.75) is 13.3 Å². The number of fused-ring (bicyclic) bond motifs is 1. The van der Waals surface area contributed by atoms with Gasteiger partial charge in [-0.1, -0.05) is 6.92 Å². The average Bonchev–Trinajstić information content (AvgIpc) is 3.57. The number of hydrogen-bond acceptors (Lipinski definition) is 12. The Labute approximate surface area is 202 Å². The van der Waals surface area contributed by atoms with Crippen LogP contribution in [-0.2, 0) is 0 Å². The minimum atomic E-state index is 0.259. The molecule has 0 unspecified atom stereocenters. The maximum Gasteiger partial charge on any atom is 0.266 e. The third kappa shape index (κ3) is 5.09. The van der Waals surface area contributed by atoms with Gasteiger partial charge in [0.25, 0.3) is 5.89 Å². The molecule has 1 fully saturated rings. The van der Waals surface area contributed by atoms with Gasteiger partial charge in [-0.05, 0) is 6.42 Å². The second-order valence-electron chi connectivity index (χ2n) is 8.33. The summed E-state index contributed by atoms with van der Waals surface area (Å²) in [7, 11) is 2.00. The molecular weight excluding hydrogens is 450 g/mol. The molecule has 0 radical (unpaired) electrons. The molecule has 4 aromatic rings. The van der Waals surface area contributed by atoms with Crippen molar-refractivity contribution >= 4 is 23.4 Å². The van der Waals surface area contributed by atoms with Crippen LogP contribution >= 0.6 is 0 Å². The molecule has 0 saturated carbocycles. The van der Waals surface area contributed by atoms with E-state index in [0.717, 1.165) is 57.5 Å².